The Morgan fingerprint density at radius 2 is 2.04 bits per heavy atom. The predicted molar refractivity (Wildman–Crippen MR) is 97.5 cm³/mol. The molecule has 1 aliphatic heterocycles. The number of ether oxygens (including phenoxy) is 1. The van der Waals surface area contributed by atoms with E-state index in [4.69, 9.17) is 16.3 Å². The fourth-order valence-electron chi connectivity index (χ4n) is 2.56. The Labute approximate surface area is 156 Å². The molecular formula is C17H22BrClN2O3. The molecule has 0 saturated carbocycles. The molecule has 1 aliphatic rings. The van der Waals surface area contributed by atoms with Gasteiger partial charge in [0.25, 0.3) is 5.91 Å². The summed E-state index contributed by atoms with van der Waals surface area (Å²) < 4.78 is 6.06. The molecule has 0 unspecified atom stereocenters. The number of rotatable bonds is 2. The highest BCUT2D eigenvalue weighted by Gasteiger charge is 2.33. The summed E-state index contributed by atoms with van der Waals surface area (Å²) in [4.78, 5) is 28.2. The molecule has 1 atom stereocenters. The molecule has 2 amide bonds. The third kappa shape index (κ3) is 4.63. The molecule has 0 spiro atoms. The molecule has 1 fully saturated rings. The van der Waals surface area contributed by atoms with Gasteiger partial charge in [0, 0.05) is 29.6 Å². The van der Waals surface area contributed by atoms with Gasteiger partial charge < -0.3 is 14.5 Å². The number of amides is 2. The van der Waals surface area contributed by atoms with E-state index < -0.39 is 5.60 Å². The molecule has 5 nitrogen and oxygen atoms in total. The van der Waals surface area contributed by atoms with Crippen molar-refractivity contribution in [2.24, 2.45) is 0 Å². The number of hydrogen-bond acceptors (Lipinski definition) is 3. The van der Waals surface area contributed by atoms with Gasteiger partial charge in [-0.25, -0.2) is 4.79 Å². The lowest BCUT2D eigenvalue weighted by molar-refractivity contribution is 0.0226. The van der Waals surface area contributed by atoms with Gasteiger partial charge in [-0.3, -0.25) is 4.79 Å². The van der Waals surface area contributed by atoms with E-state index in [9.17, 15) is 9.59 Å². The molecule has 1 heterocycles. The van der Waals surface area contributed by atoms with Gasteiger partial charge in [-0.15, -0.1) is 0 Å². The second-order valence-corrected chi connectivity index (χ2v) is 8.20. The topological polar surface area (TPSA) is 49.9 Å². The maximum atomic E-state index is 12.7. The largest absolute Gasteiger partial charge is 0.444 e. The van der Waals surface area contributed by atoms with E-state index in [2.05, 4.69) is 15.9 Å². The number of likely N-dealkylation sites (N-methyl/N-ethyl adjacent to an activating group) is 1. The van der Waals surface area contributed by atoms with Crippen LogP contribution in [-0.4, -0.2) is 53.6 Å². The van der Waals surface area contributed by atoms with E-state index in [-0.39, 0.29) is 18.0 Å². The van der Waals surface area contributed by atoms with Crippen molar-refractivity contribution in [1.82, 2.24) is 9.80 Å². The minimum absolute atomic E-state index is 0.0464. The lowest BCUT2D eigenvalue weighted by Gasteiger charge is -2.28. The molecule has 1 saturated heterocycles. The molecule has 0 aliphatic carbocycles. The van der Waals surface area contributed by atoms with Crippen molar-refractivity contribution in [1.29, 1.82) is 0 Å². The quantitative estimate of drug-likeness (QED) is 0.725. The van der Waals surface area contributed by atoms with Crippen LogP contribution >= 0.6 is 27.5 Å². The smallest absolute Gasteiger partial charge is 0.410 e. The zero-order valence-electron chi connectivity index (χ0n) is 14.3. The van der Waals surface area contributed by atoms with Crippen LogP contribution in [0.4, 0.5) is 4.79 Å². The highest BCUT2D eigenvalue weighted by Crippen LogP contribution is 2.25. The molecule has 1 aromatic rings. The Morgan fingerprint density at radius 3 is 2.62 bits per heavy atom. The lowest BCUT2D eigenvalue weighted by atomic mass is 10.2. The molecule has 132 valence electrons. The van der Waals surface area contributed by atoms with Crippen LogP contribution in [-0.2, 0) is 4.74 Å². The van der Waals surface area contributed by atoms with Crippen LogP contribution < -0.4 is 0 Å². The Bertz CT molecular complexity index is 645. The van der Waals surface area contributed by atoms with E-state index in [1.807, 2.05) is 20.8 Å². The van der Waals surface area contributed by atoms with Crippen molar-refractivity contribution in [2.75, 3.05) is 20.1 Å². The average molecular weight is 418 g/mol. The Hall–Kier alpha value is -1.27. The molecule has 1 aromatic carbocycles. The minimum Gasteiger partial charge on any atom is -0.444 e. The van der Waals surface area contributed by atoms with Crippen molar-refractivity contribution < 1.29 is 14.3 Å². The van der Waals surface area contributed by atoms with Crippen molar-refractivity contribution in [3.63, 3.8) is 0 Å². The van der Waals surface area contributed by atoms with Crippen LogP contribution in [0.1, 0.15) is 37.6 Å². The van der Waals surface area contributed by atoms with E-state index in [0.29, 0.717) is 28.1 Å². The van der Waals surface area contributed by atoms with Gasteiger partial charge in [-0.2, -0.15) is 0 Å². The lowest BCUT2D eigenvalue weighted by Crippen LogP contribution is -2.42. The fourth-order valence-corrected chi connectivity index (χ4v) is 3.41. The molecule has 0 bridgehead atoms. The number of carbonyl (C=O) groups excluding carboxylic acids is 2. The second kappa shape index (κ2) is 7.31. The summed E-state index contributed by atoms with van der Waals surface area (Å²) in [7, 11) is 1.71. The van der Waals surface area contributed by atoms with Gasteiger partial charge in [0.1, 0.15) is 5.60 Å². The third-order valence-corrected chi connectivity index (χ3v) is 4.73. The zero-order chi connectivity index (χ0) is 18.1. The van der Waals surface area contributed by atoms with Gasteiger partial charge in [0.15, 0.2) is 0 Å². The molecule has 0 radical (unpaired) electrons. The summed E-state index contributed by atoms with van der Waals surface area (Å²) >= 11 is 9.30. The highest BCUT2D eigenvalue weighted by molar-refractivity contribution is 9.10. The second-order valence-electron chi connectivity index (χ2n) is 6.91. The van der Waals surface area contributed by atoms with Crippen LogP contribution in [0.2, 0.25) is 5.02 Å². The summed E-state index contributed by atoms with van der Waals surface area (Å²) in [5.41, 5.74) is 0.0353. The molecular weight excluding hydrogens is 396 g/mol. The monoisotopic (exact) mass is 416 g/mol. The summed E-state index contributed by atoms with van der Waals surface area (Å²) in [5, 5.41) is 0.572. The standard InChI is InChI=1S/C17H22BrClN2O3/c1-17(2,3)24-16(23)20(4)12-7-8-21(10-12)15(22)13-6-5-11(19)9-14(13)18/h5-6,9,12H,7-8,10H2,1-4H3/t12-/m0/s1. The van der Waals surface area contributed by atoms with Crippen LogP contribution in [0.5, 0.6) is 0 Å². The van der Waals surface area contributed by atoms with Crippen LogP contribution in [0.3, 0.4) is 0 Å². The van der Waals surface area contributed by atoms with Crippen LogP contribution in [0.15, 0.2) is 22.7 Å². The number of benzene rings is 1. The number of carbonyl (C=O) groups is 2. The molecule has 0 N–H and O–H groups in total. The molecule has 24 heavy (non-hydrogen) atoms. The normalized spacial score (nSPS) is 17.8. The maximum Gasteiger partial charge on any atom is 0.410 e. The number of nitrogens with zero attached hydrogens (tertiary/aromatic N) is 2. The van der Waals surface area contributed by atoms with Gasteiger partial charge in [-0.1, -0.05) is 11.6 Å². The van der Waals surface area contributed by atoms with Crippen LogP contribution in [0.25, 0.3) is 0 Å². The molecule has 7 heteroatoms. The fraction of sp³-hybridized carbons (Fsp3) is 0.529. The Kier molecular flexibility index (Phi) is 5.81. The minimum atomic E-state index is -0.534. The number of likely N-dealkylation sites (tertiary alicyclic amines) is 1. The number of hydrogen-bond donors (Lipinski definition) is 0. The van der Waals surface area contributed by atoms with E-state index in [0.717, 1.165) is 6.42 Å². The first-order chi connectivity index (χ1) is 11.1. The Morgan fingerprint density at radius 1 is 1.38 bits per heavy atom. The summed E-state index contributed by atoms with van der Waals surface area (Å²) in [6, 6.07) is 5.06. The number of halogens is 2. The summed E-state index contributed by atoms with van der Waals surface area (Å²) in [6.07, 6.45) is 0.363. The predicted octanol–water partition coefficient (Wildman–Crippen LogP) is 4.18. The van der Waals surface area contributed by atoms with Gasteiger partial charge >= 0.3 is 6.09 Å². The SMILES string of the molecule is CN(C(=O)OC(C)(C)C)[C@H]1CCN(C(=O)c2ccc(Cl)cc2Br)C1. The third-order valence-electron chi connectivity index (χ3n) is 3.84. The molecule has 2 rings (SSSR count). The first-order valence-electron chi connectivity index (χ1n) is 7.78. The van der Waals surface area contributed by atoms with E-state index >= 15 is 0 Å². The molecule has 0 aromatic heterocycles. The van der Waals surface area contributed by atoms with Crippen molar-refractivity contribution >= 4 is 39.5 Å². The highest BCUT2D eigenvalue weighted by atomic mass is 79.9. The maximum absolute atomic E-state index is 12.7. The van der Waals surface area contributed by atoms with Gasteiger partial charge in [-0.05, 0) is 61.3 Å². The summed E-state index contributed by atoms with van der Waals surface area (Å²) in [6.45, 7) is 6.60. The first-order valence-corrected chi connectivity index (χ1v) is 8.96. The zero-order valence-corrected chi connectivity index (χ0v) is 16.6. The van der Waals surface area contributed by atoms with Gasteiger partial charge in [0.2, 0.25) is 0 Å². The van der Waals surface area contributed by atoms with Crippen molar-refractivity contribution in [2.45, 2.75) is 38.8 Å². The first kappa shape index (κ1) is 19.1. The van der Waals surface area contributed by atoms with Gasteiger partial charge in [0.05, 0.1) is 11.6 Å². The van der Waals surface area contributed by atoms with E-state index in [1.165, 1.54) is 0 Å². The van der Waals surface area contributed by atoms with Crippen molar-refractivity contribution in [3.05, 3.63) is 33.3 Å². The summed E-state index contributed by atoms with van der Waals surface area (Å²) in [5.74, 6) is -0.0707. The van der Waals surface area contributed by atoms with Crippen molar-refractivity contribution in [3.8, 4) is 0 Å². The average Bonchev–Trinajstić information content (AvgIpc) is 2.93. The van der Waals surface area contributed by atoms with Crippen LogP contribution in [0, 0.1) is 0 Å². The van der Waals surface area contributed by atoms with E-state index in [1.54, 1.807) is 35.0 Å². The Balaban J connectivity index is 2.02.